The van der Waals surface area contributed by atoms with Crippen molar-refractivity contribution in [2.75, 3.05) is 18.4 Å². The van der Waals surface area contributed by atoms with Crippen LogP contribution in [0.3, 0.4) is 0 Å². The second-order valence-electron chi connectivity index (χ2n) is 19.7. The maximum absolute atomic E-state index is 13.0. The molecule has 374 valence electrons. The van der Waals surface area contributed by atoms with Gasteiger partial charge in [-0.3, -0.25) is 9.59 Å². The van der Waals surface area contributed by atoms with Gasteiger partial charge in [0.05, 0.1) is 6.54 Å². The molecule has 1 aliphatic rings. The molecule has 1 aliphatic carbocycles. The number of hydrogen-bond donors (Lipinski definition) is 5. The Morgan fingerprint density at radius 2 is 0.959 bits per heavy atom. The van der Waals surface area contributed by atoms with Crippen molar-refractivity contribution in [3.8, 4) is 23.0 Å². The van der Waals surface area contributed by atoms with Gasteiger partial charge in [-0.1, -0.05) is 131 Å². The zero-order valence-electron chi connectivity index (χ0n) is 42.1. The maximum Gasteiger partial charge on any atom is 0.255 e. The first-order valence-corrected chi connectivity index (χ1v) is 24.8. The summed E-state index contributed by atoms with van der Waals surface area (Å²) < 4.78 is 11.9. The molecule has 9 rings (SSSR count). The lowest BCUT2D eigenvalue weighted by molar-refractivity contribution is -1.04. The first-order chi connectivity index (χ1) is 34.8. The minimum Gasteiger partial charge on any atom is -0.870 e. The maximum atomic E-state index is 13.0. The lowest BCUT2D eigenvalue weighted by atomic mass is 9.78. The van der Waals surface area contributed by atoms with Crippen LogP contribution in [-0.2, 0) is 10.8 Å². The van der Waals surface area contributed by atoms with Gasteiger partial charge in [-0.2, -0.15) is 5.06 Å². The zero-order valence-corrected chi connectivity index (χ0v) is 42.1. The monoisotopic (exact) mass is 976 g/mol. The molecule has 8 aromatic carbocycles. The van der Waals surface area contributed by atoms with Crippen molar-refractivity contribution in [2.24, 2.45) is 17.6 Å². The number of nitrogens with one attached hydrogen (secondary N) is 2. The van der Waals surface area contributed by atoms with Gasteiger partial charge in [0.15, 0.2) is 5.69 Å². The molecular weight excluding hydrogens is 909 g/mol. The lowest BCUT2D eigenvalue weighted by Gasteiger charge is -2.26. The average Bonchev–Trinajstić information content (AvgIpc) is 3.87. The van der Waals surface area contributed by atoms with Gasteiger partial charge in [0.2, 0.25) is 5.91 Å². The van der Waals surface area contributed by atoms with E-state index in [1.54, 1.807) is 24.3 Å². The molecule has 0 bridgehead atoms. The van der Waals surface area contributed by atoms with E-state index in [-0.39, 0.29) is 22.2 Å². The Labute approximate surface area is 429 Å². The number of carbonyl (C=O) groups is 2. The van der Waals surface area contributed by atoms with Crippen LogP contribution >= 0.6 is 0 Å². The van der Waals surface area contributed by atoms with Gasteiger partial charge in [-0.25, -0.2) is 5.21 Å². The summed E-state index contributed by atoms with van der Waals surface area (Å²) in [5.74, 6) is 3.49. The molecule has 1 fully saturated rings. The Morgan fingerprint density at radius 3 is 1.44 bits per heavy atom. The molecule has 1 saturated carbocycles. The predicted octanol–water partition coefficient (Wildman–Crippen LogP) is 12.0. The molecule has 3 atom stereocenters. The van der Waals surface area contributed by atoms with E-state index >= 15 is 0 Å². The number of anilines is 1. The summed E-state index contributed by atoms with van der Waals surface area (Å²) in [6.07, 6.45) is 3.26. The summed E-state index contributed by atoms with van der Waals surface area (Å²) in [5, 5.41) is 16.4. The molecule has 10 nitrogen and oxygen atoms in total. The van der Waals surface area contributed by atoms with Crippen molar-refractivity contribution in [2.45, 2.75) is 57.8 Å². The number of benzene rings is 8. The van der Waals surface area contributed by atoms with E-state index in [9.17, 15) is 14.8 Å². The molecule has 2 amide bonds. The molecule has 10 heteroatoms. The highest BCUT2D eigenvalue weighted by molar-refractivity contribution is 6.04. The Morgan fingerprint density at radius 1 is 0.548 bits per heavy atom. The number of hydroxylamine groups is 1. The molecule has 0 heterocycles. The van der Waals surface area contributed by atoms with Crippen molar-refractivity contribution >= 4 is 28.9 Å². The lowest BCUT2D eigenvalue weighted by Crippen LogP contribution is -3.05. The SMILES string of the molecule is CC(C)(c1ccccc1)c1ccc(Oc2ccc(NC(=O)c3ccc([NH+](O)CC4CCC(C[NH2+]c5ccc(C(N)=O)cc5)C4)cc3)cc2)cc1.CC(C)(c1ccccc1)c1ccc(Oc2ccccc2)cc1.[OH-]. The third kappa shape index (κ3) is 14.2. The van der Waals surface area contributed by atoms with Crippen molar-refractivity contribution in [1.29, 1.82) is 0 Å². The minimum absolute atomic E-state index is 0. The van der Waals surface area contributed by atoms with Crippen molar-refractivity contribution in [1.82, 2.24) is 0 Å². The number of para-hydroxylation sites is 1. The number of primary amides is 1. The van der Waals surface area contributed by atoms with Crippen LogP contribution in [-0.4, -0.2) is 35.6 Å². The van der Waals surface area contributed by atoms with E-state index in [0.29, 0.717) is 46.0 Å². The van der Waals surface area contributed by atoms with Crippen LogP contribution < -0.4 is 30.9 Å². The number of ether oxygens (including phenoxy) is 2. The van der Waals surface area contributed by atoms with Crippen LogP contribution in [0.4, 0.5) is 17.1 Å². The Kier molecular flexibility index (Phi) is 17.8. The molecule has 0 aromatic heterocycles. The summed E-state index contributed by atoms with van der Waals surface area (Å²) >= 11 is 0. The van der Waals surface area contributed by atoms with Gasteiger partial charge in [-0.05, 0) is 139 Å². The highest BCUT2D eigenvalue weighted by atomic mass is 16.5. The van der Waals surface area contributed by atoms with E-state index in [1.165, 1.54) is 22.3 Å². The number of rotatable bonds is 17. The number of carbonyl (C=O) groups excluding carboxylic acids is 2. The van der Waals surface area contributed by atoms with Crippen LogP contribution in [0, 0.1) is 11.8 Å². The Hall–Kier alpha value is -7.86. The molecule has 0 spiro atoms. The van der Waals surface area contributed by atoms with Crippen molar-refractivity contribution < 1.29 is 40.1 Å². The van der Waals surface area contributed by atoms with Gasteiger partial charge in [0, 0.05) is 51.6 Å². The molecular formula is C63H67N4O6+. The van der Waals surface area contributed by atoms with E-state index in [1.807, 2.05) is 109 Å². The summed E-state index contributed by atoms with van der Waals surface area (Å²) in [6.45, 7) is 10.5. The first kappa shape index (κ1) is 53.0. The predicted molar refractivity (Wildman–Crippen MR) is 289 cm³/mol. The molecule has 0 aliphatic heterocycles. The fourth-order valence-electron chi connectivity index (χ4n) is 9.36. The summed E-state index contributed by atoms with van der Waals surface area (Å²) in [6, 6.07) is 69.2. The van der Waals surface area contributed by atoms with Gasteiger partial charge in [-0.15, -0.1) is 0 Å². The Bertz CT molecular complexity index is 2970. The topological polar surface area (TPSA) is 162 Å². The second-order valence-corrected chi connectivity index (χ2v) is 19.7. The molecule has 8 N–H and O–H groups in total. The largest absolute Gasteiger partial charge is 0.870 e. The number of nitrogens with two attached hydrogens (primary N) is 2. The van der Waals surface area contributed by atoms with Gasteiger partial charge in [0.1, 0.15) is 35.2 Å². The molecule has 8 aromatic rings. The van der Waals surface area contributed by atoms with Gasteiger partial charge in [0.25, 0.3) is 5.91 Å². The summed E-state index contributed by atoms with van der Waals surface area (Å²) in [4.78, 5) is 24.3. The van der Waals surface area contributed by atoms with Crippen LogP contribution in [0.2, 0.25) is 0 Å². The highest BCUT2D eigenvalue weighted by Crippen LogP contribution is 2.35. The van der Waals surface area contributed by atoms with Gasteiger partial charge >= 0.3 is 0 Å². The van der Waals surface area contributed by atoms with E-state index in [4.69, 9.17) is 15.2 Å². The normalized spacial score (nSPS) is 14.6. The quantitative estimate of drug-likeness (QED) is 0.0451. The minimum atomic E-state index is -0.418. The van der Waals surface area contributed by atoms with Crippen LogP contribution in [0.5, 0.6) is 23.0 Å². The fraction of sp³-hybridized carbons (Fsp3) is 0.206. The zero-order chi connectivity index (χ0) is 50.5. The van der Waals surface area contributed by atoms with Crippen molar-refractivity contribution in [3.05, 3.63) is 246 Å². The van der Waals surface area contributed by atoms with Crippen LogP contribution in [0.1, 0.15) is 89.9 Å². The molecule has 3 unspecified atom stereocenters. The van der Waals surface area contributed by atoms with E-state index < -0.39 is 5.91 Å². The number of hydrogen-bond acceptors (Lipinski definition) is 6. The van der Waals surface area contributed by atoms with E-state index in [2.05, 4.69) is 117 Å². The molecule has 0 saturated heterocycles. The summed E-state index contributed by atoms with van der Waals surface area (Å²) in [5.41, 5.74) is 13.8. The number of amides is 2. The molecule has 0 radical (unpaired) electrons. The first-order valence-electron chi connectivity index (χ1n) is 24.8. The third-order valence-electron chi connectivity index (χ3n) is 14.0. The molecule has 73 heavy (non-hydrogen) atoms. The third-order valence-corrected chi connectivity index (χ3v) is 14.0. The fourth-order valence-corrected chi connectivity index (χ4v) is 9.36. The smallest absolute Gasteiger partial charge is 0.255 e. The summed E-state index contributed by atoms with van der Waals surface area (Å²) in [7, 11) is 0. The highest BCUT2D eigenvalue weighted by Gasteiger charge is 2.30. The van der Waals surface area contributed by atoms with Crippen LogP contribution in [0.15, 0.2) is 212 Å². The average molecular weight is 976 g/mol. The van der Waals surface area contributed by atoms with E-state index in [0.717, 1.165) is 54.4 Å². The second kappa shape index (κ2) is 24.5. The number of quaternary nitrogens is 2. The van der Waals surface area contributed by atoms with Crippen LogP contribution in [0.25, 0.3) is 0 Å². The Balaban J connectivity index is 0.000000283. The standard InChI is InChI=1S/C42H44N4O4.C21H20O.H2O/c1-42(2,33-6-4-3-5-7-33)34-14-22-38(23-15-34)50-39-24-18-36(19-25-39)45-41(48)32-12-20-37(21-13-32)46(49)28-30-9-8-29(26-30)27-44-35-16-10-31(11-17-35)40(43)47;1-21(2,17-9-5-3-6-10-17)18-13-15-20(16-14-18)22-19-11-7-4-8-12-19;/h3-7,10-25,29-30,44,49H,8-9,26-28H2,1-2H3,(H2,43,47)(H,45,48);3-16H,1-2H3;1H2/p+1. The van der Waals surface area contributed by atoms with Gasteiger partial charge < -0.3 is 31.3 Å². The van der Waals surface area contributed by atoms with Crippen molar-refractivity contribution in [3.63, 3.8) is 0 Å².